The Morgan fingerprint density at radius 3 is 2.33 bits per heavy atom. The number of rotatable bonds is 11. The summed E-state index contributed by atoms with van der Waals surface area (Å²) in [4.78, 5) is 29.0. The lowest BCUT2D eigenvalue weighted by Gasteiger charge is -2.41. The number of carboxylic acid groups (broad SMARTS) is 1. The van der Waals surface area contributed by atoms with Gasteiger partial charge in [0.1, 0.15) is 0 Å². The maximum Gasteiger partial charge on any atom is 0.336 e. The summed E-state index contributed by atoms with van der Waals surface area (Å²) in [5.74, 6) is -0.631. The van der Waals surface area contributed by atoms with Gasteiger partial charge in [0.25, 0.3) is 5.91 Å². The number of nitrogens with zero attached hydrogens (tertiary/aromatic N) is 1. The van der Waals surface area contributed by atoms with E-state index in [0.717, 1.165) is 33.4 Å². The number of amides is 1. The number of hydrogen-bond acceptors (Lipinski definition) is 7. The second-order valence-electron chi connectivity index (χ2n) is 11.7. The number of ether oxygens (including phenoxy) is 2. The number of aromatic carboxylic acids is 1. The molecule has 2 heterocycles. The van der Waals surface area contributed by atoms with Crippen LogP contribution in [0.3, 0.4) is 0 Å². The lowest BCUT2D eigenvalue weighted by molar-refractivity contribution is -0.268. The molecule has 9 heteroatoms. The monoisotopic (exact) mass is 660 g/mol. The van der Waals surface area contributed by atoms with Gasteiger partial charge in [0.15, 0.2) is 6.29 Å². The molecule has 1 aliphatic heterocycles. The van der Waals surface area contributed by atoms with Gasteiger partial charge in [-0.05, 0) is 58.1 Å². The van der Waals surface area contributed by atoms with E-state index in [0.29, 0.717) is 22.8 Å². The minimum absolute atomic E-state index is 0.0358. The molecule has 6 rings (SSSR count). The smallest absolute Gasteiger partial charge is 0.336 e. The molecule has 4 aromatic carbocycles. The summed E-state index contributed by atoms with van der Waals surface area (Å²) in [5.41, 5.74) is 6.46. The number of aromatic nitrogens is 1. The van der Waals surface area contributed by atoms with Gasteiger partial charge in [0.05, 0.1) is 29.9 Å². The fraction of sp³-hybridized carbons (Fsp3) is 0.205. The number of pyridine rings is 1. The summed E-state index contributed by atoms with van der Waals surface area (Å²) in [6, 6.07) is 34.3. The molecule has 1 saturated heterocycles. The molecule has 0 spiro atoms. The van der Waals surface area contributed by atoms with Gasteiger partial charge in [-0.2, -0.15) is 0 Å². The quantitative estimate of drug-likeness (QED) is 0.125. The van der Waals surface area contributed by atoms with E-state index in [1.807, 2.05) is 78.9 Å². The van der Waals surface area contributed by atoms with Crippen LogP contribution in [0.25, 0.3) is 11.1 Å². The molecular weight excluding hydrogens is 625 g/mol. The third-order valence-electron chi connectivity index (χ3n) is 8.46. The van der Waals surface area contributed by atoms with Gasteiger partial charge in [0.2, 0.25) is 0 Å². The Morgan fingerprint density at radius 2 is 1.60 bits per heavy atom. The lowest BCUT2D eigenvalue weighted by Crippen LogP contribution is -2.38. The van der Waals surface area contributed by atoms with Crippen molar-refractivity contribution in [3.05, 3.63) is 155 Å². The van der Waals surface area contributed by atoms with E-state index in [1.54, 1.807) is 36.7 Å². The number of aliphatic hydroxyl groups is 1. The van der Waals surface area contributed by atoms with Gasteiger partial charge < -0.3 is 25.0 Å². The Kier molecular flexibility index (Phi) is 10.6. The molecule has 1 amide bonds. The van der Waals surface area contributed by atoms with Crippen LogP contribution >= 0.6 is 11.8 Å². The van der Waals surface area contributed by atoms with E-state index >= 15 is 0 Å². The number of carbonyl (C=O) groups excluding carboxylic acids is 1. The standard InChI is InChI=1S/C39H36N2O6S/c1-25-34(24-48-35-10-3-2-9-33(35)38(44)45)46-39(47-36(25)29-13-11-26(23-42)12-14-29)30-17-15-28(16-18-30)31-7-4-6-27(20-31)21-41-37(43)32-8-5-19-40-22-32/h2-20,22,25,34,36,39,42H,21,23-24H2,1H3,(H,41,43)(H,44,45)/t25-,34+,36+,39+/m1/s1. The summed E-state index contributed by atoms with van der Waals surface area (Å²) in [6.07, 6.45) is 2.01. The number of hydrogen-bond donors (Lipinski definition) is 3. The summed E-state index contributed by atoms with van der Waals surface area (Å²) in [7, 11) is 0. The normalized spacial score (nSPS) is 19.0. The fourth-order valence-electron chi connectivity index (χ4n) is 5.73. The molecular formula is C39H36N2O6S. The first-order chi connectivity index (χ1) is 23.4. The van der Waals surface area contributed by atoms with E-state index in [4.69, 9.17) is 9.47 Å². The van der Waals surface area contributed by atoms with Crippen molar-refractivity contribution in [2.45, 2.75) is 43.5 Å². The van der Waals surface area contributed by atoms with Crippen LogP contribution in [0.1, 0.15) is 62.3 Å². The number of carbonyl (C=O) groups is 2. The van der Waals surface area contributed by atoms with E-state index in [2.05, 4.69) is 23.3 Å². The highest BCUT2D eigenvalue weighted by atomic mass is 32.2. The molecule has 0 saturated carbocycles. The van der Waals surface area contributed by atoms with Crippen molar-refractivity contribution in [1.82, 2.24) is 10.3 Å². The number of carboxylic acids is 1. The average Bonchev–Trinajstić information content (AvgIpc) is 3.14. The molecule has 0 radical (unpaired) electrons. The summed E-state index contributed by atoms with van der Waals surface area (Å²) >= 11 is 1.47. The van der Waals surface area contributed by atoms with Crippen LogP contribution in [0.4, 0.5) is 0 Å². The second-order valence-corrected chi connectivity index (χ2v) is 12.7. The summed E-state index contributed by atoms with van der Waals surface area (Å²) in [6.45, 7) is 2.44. The molecule has 48 heavy (non-hydrogen) atoms. The maximum absolute atomic E-state index is 12.5. The Balaban J connectivity index is 1.19. The first kappa shape index (κ1) is 33.1. The average molecular weight is 661 g/mol. The molecule has 1 fully saturated rings. The molecule has 3 N–H and O–H groups in total. The van der Waals surface area contributed by atoms with Crippen molar-refractivity contribution in [2.75, 3.05) is 5.75 Å². The van der Waals surface area contributed by atoms with Gasteiger partial charge in [-0.3, -0.25) is 9.78 Å². The minimum atomic E-state index is -0.959. The summed E-state index contributed by atoms with van der Waals surface area (Å²) in [5, 5.41) is 22.2. The zero-order valence-electron chi connectivity index (χ0n) is 26.4. The SMILES string of the molecule is C[C@@H]1[C@H](CSc2ccccc2C(=O)O)O[C@H](c2ccc(-c3cccc(CNC(=O)c4cccnc4)c3)cc2)O[C@@H]1c1ccc(CO)cc1. The molecule has 0 bridgehead atoms. The van der Waals surface area contributed by atoms with Crippen molar-refractivity contribution < 1.29 is 29.3 Å². The van der Waals surface area contributed by atoms with Gasteiger partial charge in [-0.1, -0.05) is 85.8 Å². The van der Waals surface area contributed by atoms with Gasteiger partial charge in [0, 0.05) is 41.1 Å². The number of thioether (sulfide) groups is 1. The van der Waals surface area contributed by atoms with Crippen molar-refractivity contribution in [3.63, 3.8) is 0 Å². The molecule has 4 atom stereocenters. The third-order valence-corrected chi connectivity index (χ3v) is 9.63. The van der Waals surface area contributed by atoms with Gasteiger partial charge in [-0.25, -0.2) is 4.79 Å². The zero-order chi connectivity index (χ0) is 33.5. The Morgan fingerprint density at radius 1 is 0.833 bits per heavy atom. The molecule has 1 aromatic heterocycles. The molecule has 5 aromatic rings. The van der Waals surface area contributed by atoms with Crippen LogP contribution in [-0.2, 0) is 22.6 Å². The van der Waals surface area contributed by atoms with Crippen molar-refractivity contribution in [3.8, 4) is 11.1 Å². The largest absolute Gasteiger partial charge is 0.478 e. The second kappa shape index (κ2) is 15.4. The molecule has 0 unspecified atom stereocenters. The molecule has 244 valence electrons. The van der Waals surface area contributed by atoms with Crippen LogP contribution in [-0.4, -0.2) is 38.9 Å². The van der Waals surface area contributed by atoms with Gasteiger partial charge in [-0.15, -0.1) is 11.8 Å². The van der Waals surface area contributed by atoms with E-state index in [-0.39, 0.29) is 36.2 Å². The predicted molar refractivity (Wildman–Crippen MR) is 184 cm³/mol. The van der Waals surface area contributed by atoms with Crippen molar-refractivity contribution in [2.24, 2.45) is 5.92 Å². The van der Waals surface area contributed by atoms with Gasteiger partial charge >= 0.3 is 5.97 Å². The van der Waals surface area contributed by atoms with Crippen molar-refractivity contribution >= 4 is 23.6 Å². The van der Waals surface area contributed by atoms with Crippen LogP contribution in [0.5, 0.6) is 0 Å². The van der Waals surface area contributed by atoms with E-state index < -0.39 is 12.3 Å². The number of nitrogens with one attached hydrogen (secondary N) is 1. The Hall–Kier alpha value is -4.80. The molecule has 8 nitrogen and oxygen atoms in total. The fourth-order valence-corrected chi connectivity index (χ4v) is 6.94. The van der Waals surface area contributed by atoms with Crippen molar-refractivity contribution in [1.29, 1.82) is 0 Å². The van der Waals surface area contributed by atoms with Crippen LogP contribution in [0, 0.1) is 5.92 Å². The minimum Gasteiger partial charge on any atom is -0.478 e. The Labute approximate surface area is 283 Å². The first-order valence-electron chi connectivity index (χ1n) is 15.7. The summed E-state index contributed by atoms with van der Waals surface area (Å²) < 4.78 is 13.2. The maximum atomic E-state index is 12.5. The molecule has 0 aliphatic carbocycles. The highest BCUT2D eigenvalue weighted by Crippen LogP contribution is 2.43. The highest BCUT2D eigenvalue weighted by Gasteiger charge is 2.38. The molecule has 1 aliphatic rings. The van der Waals surface area contributed by atoms with Crippen LogP contribution < -0.4 is 5.32 Å². The first-order valence-corrected chi connectivity index (χ1v) is 16.7. The predicted octanol–water partition coefficient (Wildman–Crippen LogP) is 7.45. The van der Waals surface area contributed by atoms with E-state index in [9.17, 15) is 19.8 Å². The Bertz CT molecular complexity index is 1850. The highest BCUT2D eigenvalue weighted by molar-refractivity contribution is 7.99. The lowest BCUT2D eigenvalue weighted by atomic mass is 9.91. The van der Waals surface area contributed by atoms with Crippen LogP contribution in [0.15, 0.2) is 126 Å². The zero-order valence-corrected chi connectivity index (χ0v) is 27.2. The van der Waals surface area contributed by atoms with E-state index in [1.165, 1.54) is 11.8 Å². The third kappa shape index (κ3) is 7.83. The topological polar surface area (TPSA) is 118 Å². The number of benzene rings is 4. The number of aliphatic hydroxyl groups excluding tert-OH is 1. The van der Waals surface area contributed by atoms with Crippen LogP contribution in [0.2, 0.25) is 0 Å².